The van der Waals surface area contributed by atoms with Gasteiger partial charge in [0.15, 0.2) is 0 Å². The van der Waals surface area contributed by atoms with E-state index in [2.05, 4.69) is 41.4 Å². The highest BCUT2D eigenvalue weighted by atomic mass is 16.5. The monoisotopic (exact) mass is 288 g/mol. The van der Waals surface area contributed by atoms with Crippen LogP contribution in [-0.2, 0) is 16.1 Å². The molecule has 1 N–H and O–H groups in total. The van der Waals surface area contributed by atoms with Crippen LogP contribution in [0.3, 0.4) is 0 Å². The van der Waals surface area contributed by atoms with Crippen molar-refractivity contribution in [2.75, 3.05) is 20.3 Å². The fraction of sp³-hybridized carbons (Fsp3) is 0.588. The number of hydrogen-bond donors (Lipinski definition) is 1. The van der Waals surface area contributed by atoms with Crippen LogP contribution in [0.4, 0.5) is 0 Å². The molecule has 1 saturated carbocycles. The Morgan fingerprint density at radius 1 is 1.38 bits per heavy atom. The minimum atomic E-state index is -0.0413. The molecule has 4 heteroatoms. The van der Waals surface area contributed by atoms with E-state index in [-0.39, 0.29) is 17.9 Å². The lowest BCUT2D eigenvalue weighted by Crippen LogP contribution is -2.45. The summed E-state index contributed by atoms with van der Waals surface area (Å²) in [5, 5.41) is 3.21. The maximum Gasteiger partial charge on any atom is 0.230 e. The molecular formula is C17H24N2O2. The van der Waals surface area contributed by atoms with Gasteiger partial charge in [0.2, 0.25) is 5.91 Å². The van der Waals surface area contributed by atoms with Crippen molar-refractivity contribution >= 4 is 5.91 Å². The van der Waals surface area contributed by atoms with Crippen LogP contribution in [0.15, 0.2) is 24.3 Å². The SMILES string of the molecule is CNC1COCC1C(=O)N(Cc1cccc(C)c1)C1CC1. The van der Waals surface area contributed by atoms with Gasteiger partial charge in [-0.05, 0) is 32.4 Å². The van der Waals surface area contributed by atoms with E-state index in [1.807, 2.05) is 7.05 Å². The van der Waals surface area contributed by atoms with E-state index < -0.39 is 0 Å². The Morgan fingerprint density at radius 2 is 2.19 bits per heavy atom. The second kappa shape index (κ2) is 6.16. The molecule has 0 aromatic heterocycles. The fourth-order valence-corrected chi connectivity index (χ4v) is 3.08. The van der Waals surface area contributed by atoms with Gasteiger partial charge in [0.05, 0.1) is 19.1 Å². The zero-order valence-electron chi connectivity index (χ0n) is 12.8. The molecule has 1 amide bonds. The molecular weight excluding hydrogens is 264 g/mol. The Balaban J connectivity index is 1.74. The summed E-state index contributed by atoms with van der Waals surface area (Å²) in [7, 11) is 1.90. The number of nitrogens with one attached hydrogen (secondary N) is 1. The Bertz CT molecular complexity index is 513. The minimum Gasteiger partial charge on any atom is -0.379 e. The van der Waals surface area contributed by atoms with Gasteiger partial charge < -0.3 is 15.0 Å². The van der Waals surface area contributed by atoms with Crippen molar-refractivity contribution in [1.29, 1.82) is 0 Å². The highest BCUT2D eigenvalue weighted by Gasteiger charge is 2.40. The molecule has 2 unspecified atom stereocenters. The molecule has 114 valence electrons. The molecule has 0 radical (unpaired) electrons. The van der Waals surface area contributed by atoms with Crippen LogP contribution in [0.2, 0.25) is 0 Å². The molecule has 1 aromatic rings. The highest BCUT2D eigenvalue weighted by molar-refractivity contribution is 5.80. The highest BCUT2D eigenvalue weighted by Crippen LogP contribution is 2.31. The number of amides is 1. The molecule has 4 nitrogen and oxygen atoms in total. The first-order valence-electron chi connectivity index (χ1n) is 7.80. The number of carbonyl (C=O) groups is 1. The number of rotatable bonds is 5. The number of benzene rings is 1. The second-order valence-corrected chi connectivity index (χ2v) is 6.23. The first-order chi connectivity index (χ1) is 10.2. The Morgan fingerprint density at radius 3 is 2.86 bits per heavy atom. The van der Waals surface area contributed by atoms with Crippen molar-refractivity contribution < 1.29 is 9.53 Å². The van der Waals surface area contributed by atoms with Gasteiger partial charge in [-0.25, -0.2) is 0 Å². The summed E-state index contributed by atoms with van der Waals surface area (Å²) < 4.78 is 5.49. The predicted molar refractivity (Wildman–Crippen MR) is 81.9 cm³/mol. The molecule has 2 aliphatic rings. The summed E-state index contributed by atoms with van der Waals surface area (Å²) in [6.07, 6.45) is 2.27. The standard InChI is InChI=1S/C17H24N2O2/c1-12-4-3-5-13(8-12)9-19(14-6-7-14)17(20)15-10-21-11-16(15)18-2/h3-5,8,14-16,18H,6-7,9-11H2,1-2H3. The zero-order valence-corrected chi connectivity index (χ0v) is 12.8. The minimum absolute atomic E-state index is 0.0413. The lowest BCUT2D eigenvalue weighted by atomic mass is 10.0. The summed E-state index contributed by atoms with van der Waals surface area (Å²) in [4.78, 5) is 15.0. The second-order valence-electron chi connectivity index (χ2n) is 6.23. The lowest BCUT2D eigenvalue weighted by Gasteiger charge is -2.27. The summed E-state index contributed by atoms with van der Waals surface area (Å²) in [6.45, 7) is 3.99. The normalized spacial score (nSPS) is 25.0. The van der Waals surface area contributed by atoms with E-state index in [1.54, 1.807) is 0 Å². The number of aryl methyl sites for hydroxylation is 1. The summed E-state index contributed by atoms with van der Waals surface area (Å²) in [5.41, 5.74) is 2.46. The number of likely N-dealkylation sites (N-methyl/N-ethyl adjacent to an activating group) is 1. The Hall–Kier alpha value is -1.39. The maximum absolute atomic E-state index is 12.9. The summed E-state index contributed by atoms with van der Waals surface area (Å²) >= 11 is 0. The molecule has 0 spiro atoms. The van der Waals surface area contributed by atoms with E-state index in [9.17, 15) is 4.79 Å². The molecule has 3 rings (SSSR count). The number of ether oxygens (including phenoxy) is 1. The lowest BCUT2D eigenvalue weighted by molar-refractivity contribution is -0.137. The van der Waals surface area contributed by atoms with Gasteiger partial charge in [-0.15, -0.1) is 0 Å². The molecule has 1 aliphatic carbocycles. The Labute approximate surface area is 126 Å². The molecule has 1 aliphatic heterocycles. The quantitative estimate of drug-likeness (QED) is 0.897. The third-order valence-corrected chi connectivity index (χ3v) is 4.47. The maximum atomic E-state index is 12.9. The Kier molecular flexibility index (Phi) is 4.27. The van der Waals surface area contributed by atoms with E-state index in [0.717, 1.165) is 19.4 Å². The first kappa shape index (κ1) is 14.5. The zero-order chi connectivity index (χ0) is 14.8. The third-order valence-electron chi connectivity index (χ3n) is 4.47. The smallest absolute Gasteiger partial charge is 0.230 e. The van der Waals surface area contributed by atoms with Gasteiger partial charge >= 0.3 is 0 Å². The number of hydrogen-bond acceptors (Lipinski definition) is 3. The van der Waals surface area contributed by atoms with Gasteiger partial charge in [-0.2, -0.15) is 0 Å². The van der Waals surface area contributed by atoms with Gasteiger partial charge in [0.25, 0.3) is 0 Å². The van der Waals surface area contributed by atoms with Crippen LogP contribution in [-0.4, -0.2) is 43.2 Å². The number of carbonyl (C=O) groups excluding carboxylic acids is 1. The van der Waals surface area contributed by atoms with Crippen molar-refractivity contribution in [2.24, 2.45) is 5.92 Å². The van der Waals surface area contributed by atoms with E-state index in [1.165, 1.54) is 11.1 Å². The molecule has 1 heterocycles. The van der Waals surface area contributed by atoms with Gasteiger partial charge in [0, 0.05) is 18.6 Å². The molecule has 2 atom stereocenters. The largest absolute Gasteiger partial charge is 0.379 e. The van der Waals surface area contributed by atoms with Crippen molar-refractivity contribution in [3.63, 3.8) is 0 Å². The first-order valence-corrected chi connectivity index (χ1v) is 7.80. The van der Waals surface area contributed by atoms with Gasteiger partial charge in [0.1, 0.15) is 0 Å². The van der Waals surface area contributed by atoms with Crippen LogP contribution in [0.5, 0.6) is 0 Å². The molecule has 1 saturated heterocycles. The molecule has 21 heavy (non-hydrogen) atoms. The average molecular weight is 288 g/mol. The van der Waals surface area contributed by atoms with Crippen LogP contribution < -0.4 is 5.32 Å². The molecule has 2 fully saturated rings. The van der Waals surface area contributed by atoms with Crippen LogP contribution in [0, 0.1) is 12.8 Å². The summed E-state index contributed by atoms with van der Waals surface area (Å²) in [6, 6.07) is 9.01. The van der Waals surface area contributed by atoms with E-state index in [0.29, 0.717) is 19.3 Å². The molecule has 0 bridgehead atoms. The van der Waals surface area contributed by atoms with Crippen molar-refractivity contribution in [1.82, 2.24) is 10.2 Å². The van der Waals surface area contributed by atoms with E-state index in [4.69, 9.17) is 4.74 Å². The van der Waals surface area contributed by atoms with Crippen LogP contribution in [0.1, 0.15) is 24.0 Å². The van der Waals surface area contributed by atoms with Crippen molar-refractivity contribution in [3.05, 3.63) is 35.4 Å². The third kappa shape index (κ3) is 3.27. The average Bonchev–Trinajstić information content (AvgIpc) is 3.20. The predicted octanol–water partition coefficient (Wildman–Crippen LogP) is 1.72. The van der Waals surface area contributed by atoms with Crippen LogP contribution in [0.25, 0.3) is 0 Å². The summed E-state index contributed by atoms with van der Waals surface area (Å²) in [5.74, 6) is 0.205. The van der Waals surface area contributed by atoms with Gasteiger partial charge in [-0.1, -0.05) is 29.8 Å². The fourth-order valence-electron chi connectivity index (χ4n) is 3.08. The number of nitrogens with zero attached hydrogens (tertiary/aromatic N) is 1. The van der Waals surface area contributed by atoms with Crippen LogP contribution >= 0.6 is 0 Å². The molecule has 1 aromatic carbocycles. The van der Waals surface area contributed by atoms with Crippen molar-refractivity contribution in [3.8, 4) is 0 Å². The van der Waals surface area contributed by atoms with Gasteiger partial charge in [-0.3, -0.25) is 4.79 Å². The van der Waals surface area contributed by atoms with E-state index >= 15 is 0 Å². The van der Waals surface area contributed by atoms with Crippen molar-refractivity contribution in [2.45, 2.75) is 38.4 Å². The topological polar surface area (TPSA) is 41.6 Å².